The van der Waals surface area contributed by atoms with Gasteiger partial charge < -0.3 is 14.6 Å². The molecule has 1 saturated heterocycles. The van der Waals surface area contributed by atoms with E-state index in [-0.39, 0.29) is 0 Å². The molecule has 146 valence electrons. The van der Waals surface area contributed by atoms with Crippen LogP contribution in [0.3, 0.4) is 0 Å². The minimum Gasteiger partial charge on any atom is -0.459 e. The second-order valence-corrected chi connectivity index (χ2v) is 8.21. The molecule has 0 bridgehead atoms. The zero-order valence-corrected chi connectivity index (χ0v) is 17.6. The number of anilines is 2. The highest BCUT2D eigenvalue weighted by molar-refractivity contribution is 6.36. The van der Waals surface area contributed by atoms with Gasteiger partial charge in [-0.05, 0) is 67.8 Å². The van der Waals surface area contributed by atoms with Crippen molar-refractivity contribution < 1.29 is 4.42 Å². The smallest absolute Gasteiger partial charge is 0.135 e. The van der Waals surface area contributed by atoms with Crippen LogP contribution in [0, 0.1) is 0 Å². The number of halogens is 3. The third-order valence-electron chi connectivity index (χ3n) is 4.97. The van der Waals surface area contributed by atoms with Crippen molar-refractivity contribution >= 4 is 46.2 Å². The number of hydrogen-bond donors (Lipinski definition) is 1. The molecule has 0 radical (unpaired) electrons. The fourth-order valence-corrected chi connectivity index (χ4v) is 4.31. The predicted octanol–water partition coefficient (Wildman–Crippen LogP) is 7.51. The van der Waals surface area contributed by atoms with Crippen molar-refractivity contribution in [2.75, 3.05) is 23.3 Å². The third-order valence-corrected chi connectivity index (χ3v) is 5.82. The van der Waals surface area contributed by atoms with Crippen molar-refractivity contribution in [2.24, 2.45) is 0 Å². The molecule has 1 aliphatic rings. The average molecular weight is 436 g/mol. The summed E-state index contributed by atoms with van der Waals surface area (Å²) < 4.78 is 5.93. The zero-order chi connectivity index (χ0) is 19.5. The molecular formula is C22H21Cl3N2O. The highest BCUT2D eigenvalue weighted by Gasteiger charge is 2.14. The first-order valence-corrected chi connectivity index (χ1v) is 10.6. The first kappa shape index (κ1) is 19.5. The monoisotopic (exact) mass is 434 g/mol. The lowest BCUT2D eigenvalue weighted by atomic mass is 10.1. The van der Waals surface area contributed by atoms with Crippen LogP contribution < -0.4 is 10.2 Å². The van der Waals surface area contributed by atoms with Gasteiger partial charge in [-0.2, -0.15) is 0 Å². The maximum absolute atomic E-state index is 6.53. The van der Waals surface area contributed by atoms with E-state index >= 15 is 0 Å². The van der Waals surface area contributed by atoms with Crippen molar-refractivity contribution in [3.05, 3.63) is 69.4 Å². The Balaban J connectivity index is 1.42. The molecule has 1 aliphatic heterocycles. The van der Waals surface area contributed by atoms with Crippen molar-refractivity contribution in [2.45, 2.75) is 25.8 Å². The summed E-state index contributed by atoms with van der Waals surface area (Å²) in [4.78, 5) is 2.37. The van der Waals surface area contributed by atoms with Crippen LogP contribution in [0.4, 0.5) is 11.4 Å². The molecule has 3 aromatic rings. The molecule has 0 saturated carbocycles. The Labute approximate surface area is 180 Å². The fourth-order valence-electron chi connectivity index (χ4n) is 3.50. The second kappa shape index (κ2) is 8.69. The van der Waals surface area contributed by atoms with E-state index in [9.17, 15) is 0 Å². The van der Waals surface area contributed by atoms with Crippen LogP contribution in [0.2, 0.25) is 15.1 Å². The van der Waals surface area contributed by atoms with E-state index in [2.05, 4.69) is 22.3 Å². The molecule has 1 N–H and O–H groups in total. The number of furan rings is 1. The Morgan fingerprint density at radius 2 is 1.68 bits per heavy atom. The molecule has 4 rings (SSSR count). The van der Waals surface area contributed by atoms with Gasteiger partial charge >= 0.3 is 0 Å². The Kier molecular flexibility index (Phi) is 6.05. The van der Waals surface area contributed by atoms with Gasteiger partial charge in [0.1, 0.15) is 11.5 Å². The van der Waals surface area contributed by atoms with Crippen molar-refractivity contribution in [3.63, 3.8) is 0 Å². The highest BCUT2D eigenvalue weighted by Crippen LogP contribution is 2.33. The maximum Gasteiger partial charge on any atom is 0.135 e. The third kappa shape index (κ3) is 4.43. The largest absolute Gasteiger partial charge is 0.459 e. The van der Waals surface area contributed by atoms with Crippen LogP contribution in [0.25, 0.3) is 11.3 Å². The fraction of sp³-hybridized carbons (Fsp3) is 0.273. The van der Waals surface area contributed by atoms with Crippen molar-refractivity contribution in [3.8, 4) is 11.3 Å². The zero-order valence-electron chi connectivity index (χ0n) is 15.4. The van der Waals surface area contributed by atoms with Gasteiger partial charge in [0, 0.05) is 29.4 Å². The molecule has 1 aromatic heterocycles. The quantitative estimate of drug-likeness (QED) is 0.449. The Morgan fingerprint density at radius 1 is 0.857 bits per heavy atom. The van der Waals surface area contributed by atoms with Crippen LogP contribution in [0.5, 0.6) is 0 Å². The molecule has 0 unspecified atom stereocenters. The predicted molar refractivity (Wildman–Crippen MR) is 119 cm³/mol. The molecular weight excluding hydrogens is 415 g/mol. The summed E-state index contributed by atoms with van der Waals surface area (Å²) in [5.74, 6) is 1.54. The topological polar surface area (TPSA) is 28.4 Å². The van der Waals surface area contributed by atoms with Gasteiger partial charge in [-0.15, -0.1) is 0 Å². The molecule has 0 amide bonds. The Bertz CT molecular complexity index is 964. The van der Waals surface area contributed by atoms with Gasteiger partial charge in [-0.1, -0.05) is 34.8 Å². The molecule has 28 heavy (non-hydrogen) atoms. The Hall–Kier alpha value is -1.81. The van der Waals surface area contributed by atoms with Crippen molar-refractivity contribution in [1.82, 2.24) is 0 Å². The Morgan fingerprint density at radius 3 is 2.43 bits per heavy atom. The molecule has 0 spiro atoms. The van der Waals surface area contributed by atoms with E-state index in [4.69, 9.17) is 39.2 Å². The van der Waals surface area contributed by atoms with E-state index < -0.39 is 0 Å². The molecule has 1 fully saturated rings. The average Bonchev–Trinajstić information content (AvgIpc) is 3.16. The molecule has 0 atom stereocenters. The molecule has 3 nitrogen and oxygen atoms in total. The number of hydrogen-bond acceptors (Lipinski definition) is 3. The summed E-state index contributed by atoms with van der Waals surface area (Å²) in [6.45, 7) is 2.72. The van der Waals surface area contributed by atoms with Gasteiger partial charge in [0.2, 0.25) is 0 Å². The van der Waals surface area contributed by atoms with Crippen LogP contribution >= 0.6 is 34.8 Å². The van der Waals surface area contributed by atoms with Crippen molar-refractivity contribution in [1.29, 1.82) is 0 Å². The van der Waals surface area contributed by atoms with E-state index in [1.165, 1.54) is 19.3 Å². The molecule has 0 aliphatic carbocycles. The minimum absolute atomic E-state index is 0.560. The van der Waals surface area contributed by atoms with Gasteiger partial charge in [0.05, 0.1) is 22.3 Å². The minimum atomic E-state index is 0.560. The lowest BCUT2D eigenvalue weighted by molar-refractivity contribution is 0.531. The molecule has 2 heterocycles. The SMILES string of the molecule is Clc1ccc(-c2ccc(CNc3ccc(N4CCCCC4)c(Cl)c3)o2)c(Cl)c1. The van der Waals surface area contributed by atoms with Gasteiger partial charge in [-0.25, -0.2) is 0 Å². The van der Waals surface area contributed by atoms with Crippen LogP contribution in [-0.2, 0) is 6.54 Å². The summed E-state index contributed by atoms with van der Waals surface area (Å²) in [5.41, 5.74) is 2.91. The summed E-state index contributed by atoms with van der Waals surface area (Å²) in [7, 11) is 0. The number of nitrogens with one attached hydrogen (secondary N) is 1. The van der Waals surface area contributed by atoms with E-state index in [0.717, 1.165) is 46.6 Å². The summed E-state index contributed by atoms with van der Waals surface area (Å²) in [5, 5.41) is 5.32. The lowest BCUT2D eigenvalue weighted by Crippen LogP contribution is -2.29. The maximum atomic E-state index is 6.53. The van der Waals surface area contributed by atoms with Gasteiger partial charge in [-0.3, -0.25) is 0 Å². The lowest BCUT2D eigenvalue weighted by Gasteiger charge is -2.29. The van der Waals surface area contributed by atoms with Gasteiger partial charge in [0.25, 0.3) is 0 Å². The number of benzene rings is 2. The van der Waals surface area contributed by atoms with Crippen LogP contribution in [0.15, 0.2) is 52.9 Å². The van der Waals surface area contributed by atoms with E-state index in [1.807, 2.05) is 24.3 Å². The molecule has 6 heteroatoms. The first-order valence-electron chi connectivity index (χ1n) is 9.43. The van der Waals surface area contributed by atoms with Crippen LogP contribution in [-0.4, -0.2) is 13.1 Å². The number of rotatable bonds is 5. The second-order valence-electron chi connectivity index (χ2n) is 6.96. The van der Waals surface area contributed by atoms with E-state index in [1.54, 1.807) is 12.1 Å². The summed E-state index contributed by atoms with van der Waals surface area (Å²) in [6, 6.07) is 15.4. The summed E-state index contributed by atoms with van der Waals surface area (Å²) >= 11 is 18.8. The van der Waals surface area contributed by atoms with Crippen LogP contribution in [0.1, 0.15) is 25.0 Å². The highest BCUT2D eigenvalue weighted by atomic mass is 35.5. The normalized spacial score (nSPS) is 14.3. The first-order chi connectivity index (χ1) is 13.6. The number of nitrogens with zero attached hydrogens (tertiary/aromatic N) is 1. The van der Waals surface area contributed by atoms with Gasteiger partial charge in [0.15, 0.2) is 0 Å². The van der Waals surface area contributed by atoms with E-state index in [0.29, 0.717) is 16.6 Å². The standard InChI is InChI=1S/C22H21Cl3N2O/c23-15-4-7-18(19(24)12-15)22-9-6-17(28-22)14-26-16-5-8-21(20(25)13-16)27-10-2-1-3-11-27/h4-9,12-13,26H,1-3,10-11,14H2. The number of piperidine rings is 1. The summed E-state index contributed by atoms with van der Waals surface area (Å²) in [6.07, 6.45) is 3.77. The molecule has 2 aromatic carbocycles.